The van der Waals surface area contributed by atoms with Gasteiger partial charge in [-0.3, -0.25) is 9.78 Å². The van der Waals surface area contributed by atoms with Gasteiger partial charge < -0.3 is 10.1 Å². The molecule has 2 aromatic carbocycles. The summed E-state index contributed by atoms with van der Waals surface area (Å²) in [6.45, 7) is 2.44. The minimum Gasteiger partial charge on any atom is -0.497 e. The number of rotatable bonds is 5. The second-order valence-electron chi connectivity index (χ2n) is 6.85. The number of aryl methyl sites for hydroxylation is 1. The van der Waals surface area contributed by atoms with Crippen LogP contribution in [-0.4, -0.2) is 23.0 Å². The van der Waals surface area contributed by atoms with Crippen LogP contribution in [0.25, 0.3) is 22.2 Å². The van der Waals surface area contributed by atoms with E-state index >= 15 is 0 Å². The molecule has 0 saturated heterocycles. The van der Waals surface area contributed by atoms with Gasteiger partial charge in [-0.25, -0.2) is 4.98 Å². The number of benzene rings is 2. The van der Waals surface area contributed by atoms with Crippen LogP contribution in [0.3, 0.4) is 0 Å². The largest absolute Gasteiger partial charge is 0.497 e. The van der Waals surface area contributed by atoms with E-state index in [2.05, 4.69) is 10.3 Å². The van der Waals surface area contributed by atoms with Crippen molar-refractivity contribution in [3.05, 3.63) is 89.7 Å². The quantitative estimate of drug-likeness (QED) is 0.549. The smallest absolute Gasteiger partial charge is 0.252 e. The van der Waals surface area contributed by atoms with Crippen LogP contribution in [0.5, 0.6) is 5.75 Å². The van der Waals surface area contributed by atoms with Crippen LogP contribution < -0.4 is 10.1 Å². The van der Waals surface area contributed by atoms with E-state index in [9.17, 15) is 4.79 Å². The van der Waals surface area contributed by atoms with Gasteiger partial charge in [-0.2, -0.15) is 0 Å². The van der Waals surface area contributed by atoms with Crippen molar-refractivity contribution in [2.45, 2.75) is 13.5 Å². The lowest BCUT2D eigenvalue weighted by atomic mass is 10.0. The van der Waals surface area contributed by atoms with Crippen molar-refractivity contribution in [3.63, 3.8) is 0 Å². The van der Waals surface area contributed by atoms with Gasteiger partial charge in [-0.05, 0) is 55.0 Å². The van der Waals surface area contributed by atoms with E-state index < -0.39 is 0 Å². The molecule has 0 saturated carbocycles. The van der Waals surface area contributed by atoms with Gasteiger partial charge in [0.1, 0.15) is 5.75 Å². The van der Waals surface area contributed by atoms with Gasteiger partial charge in [0.25, 0.3) is 5.91 Å². The normalized spacial score (nSPS) is 10.7. The van der Waals surface area contributed by atoms with E-state index in [0.717, 1.165) is 39.0 Å². The Bertz CT molecular complexity index is 1160. The van der Waals surface area contributed by atoms with E-state index in [0.29, 0.717) is 12.1 Å². The van der Waals surface area contributed by atoms with Crippen molar-refractivity contribution >= 4 is 16.8 Å². The van der Waals surface area contributed by atoms with Crippen molar-refractivity contribution in [3.8, 4) is 17.0 Å². The first-order valence-corrected chi connectivity index (χ1v) is 9.37. The van der Waals surface area contributed by atoms with Crippen LogP contribution >= 0.6 is 0 Å². The Hall–Kier alpha value is -3.73. The summed E-state index contributed by atoms with van der Waals surface area (Å²) in [5.74, 6) is 0.653. The summed E-state index contributed by atoms with van der Waals surface area (Å²) in [5, 5.41) is 3.86. The molecule has 1 amide bonds. The number of hydrogen-bond donors (Lipinski definition) is 1. The molecule has 1 N–H and O–H groups in total. The van der Waals surface area contributed by atoms with E-state index in [1.807, 2.05) is 67.6 Å². The number of nitrogens with one attached hydrogen (secondary N) is 1. The van der Waals surface area contributed by atoms with E-state index in [-0.39, 0.29) is 5.91 Å². The first-order chi connectivity index (χ1) is 14.1. The lowest BCUT2D eigenvalue weighted by molar-refractivity contribution is 0.0952. The van der Waals surface area contributed by atoms with Crippen LogP contribution in [0.2, 0.25) is 0 Å². The van der Waals surface area contributed by atoms with Gasteiger partial charge >= 0.3 is 0 Å². The van der Waals surface area contributed by atoms with Crippen molar-refractivity contribution in [2.75, 3.05) is 7.11 Å². The number of carbonyl (C=O) groups excluding carboxylic acids is 1. The molecular formula is C24H21N3O2. The van der Waals surface area contributed by atoms with Crippen molar-refractivity contribution in [1.29, 1.82) is 0 Å². The summed E-state index contributed by atoms with van der Waals surface area (Å²) in [6.07, 6.45) is 3.47. The molecule has 144 valence electrons. The molecule has 0 spiro atoms. The SMILES string of the molecule is COc1ccc(CNC(=O)c2cc(-c3cccnc3)nc3ccc(C)cc23)cc1. The Morgan fingerprint density at radius 3 is 2.62 bits per heavy atom. The van der Waals surface area contributed by atoms with E-state index in [4.69, 9.17) is 9.72 Å². The zero-order valence-corrected chi connectivity index (χ0v) is 16.3. The molecule has 5 nitrogen and oxygen atoms in total. The van der Waals surface area contributed by atoms with Crippen molar-refractivity contribution in [1.82, 2.24) is 15.3 Å². The zero-order chi connectivity index (χ0) is 20.2. The second-order valence-corrected chi connectivity index (χ2v) is 6.85. The number of hydrogen-bond acceptors (Lipinski definition) is 4. The minimum absolute atomic E-state index is 0.135. The molecule has 2 aromatic heterocycles. The maximum atomic E-state index is 13.1. The highest BCUT2D eigenvalue weighted by atomic mass is 16.5. The highest BCUT2D eigenvalue weighted by Crippen LogP contribution is 2.25. The number of ether oxygens (including phenoxy) is 1. The number of methoxy groups -OCH3 is 1. The monoisotopic (exact) mass is 383 g/mol. The van der Waals surface area contributed by atoms with Crippen molar-refractivity contribution < 1.29 is 9.53 Å². The van der Waals surface area contributed by atoms with Crippen molar-refractivity contribution in [2.24, 2.45) is 0 Å². The highest BCUT2D eigenvalue weighted by molar-refractivity contribution is 6.07. The first kappa shape index (κ1) is 18.6. The lowest BCUT2D eigenvalue weighted by Crippen LogP contribution is -2.23. The third-order valence-electron chi connectivity index (χ3n) is 4.78. The molecule has 5 heteroatoms. The average molecular weight is 383 g/mol. The molecule has 0 unspecified atom stereocenters. The molecule has 0 aliphatic carbocycles. The molecule has 0 aliphatic heterocycles. The van der Waals surface area contributed by atoms with Gasteiger partial charge in [0.05, 0.1) is 23.9 Å². The minimum atomic E-state index is -0.135. The molecule has 0 aliphatic rings. The lowest BCUT2D eigenvalue weighted by Gasteiger charge is -2.11. The topological polar surface area (TPSA) is 64.1 Å². The first-order valence-electron chi connectivity index (χ1n) is 9.37. The maximum absolute atomic E-state index is 13.1. The second kappa shape index (κ2) is 8.10. The Balaban J connectivity index is 1.68. The predicted octanol–water partition coefficient (Wildman–Crippen LogP) is 4.54. The highest BCUT2D eigenvalue weighted by Gasteiger charge is 2.14. The maximum Gasteiger partial charge on any atom is 0.252 e. The predicted molar refractivity (Wildman–Crippen MR) is 114 cm³/mol. The van der Waals surface area contributed by atoms with Crippen LogP contribution in [0.15, 0.2) is 73.1 Å². The van der Waals surface area contributed by atoms with E-state index in [1.165, 1.54) is 0 Å². The summed E-state index contributed by atoms with van der Waals surface area (Å²) >= 11 is 0. The Kier molecular flexibility index (Phi) is 5.20. The average Bonchev–Trinajstić information content (AvgIpc) is 2.77. The fraction of sp³-hybridized carbons (Fsp3) is 0.125. The molecule has 4 rings (SSSR count). The Labute approximate surface area is 169 Å². The van der Waals surface area contributed by atoms with Gasteiger partial charge in [0.2, 0.25) is 0 Å². The molecule has 0 radical (unpaired) electrons. The summed E-state index contributed by atoms with van der Waals surface area (Å²) < 4.78 is 5.18. The summed E-state index contributed by atoms with van der Waals surface area (Å²) in [7, 11) is 1.63. The fourth-order valence-corrected chi connectivity index (χ4v) is 3.21. The number of fused-ring (bicyclic) bond motifs is 1. The Morgan fingerprint density at radius 1 is 1.07 bits per heavy atom. The summed E-state index contributed by atoms with van der Waals surface area (Å²) in [5.41, 5.74) is 5.07. The molecule has 0 fully saturated rings. The third kappa shape index (κ3) is 4.09. The Morgan fingerprint density at radius 2 is 1.90 bits per heavy atom. The summed E-state index contributed by atoms with van der Waals surface area (Å²) in [4.78, 5) is 22.0. The van der Waals surface area contributed by atoms with Crippen LogP contribution in [-0.2, 0) is 6.54 Å². The zero-order valence-electron chi connectivity index (χ0n) is 16.3. The summed E-state index contributed by atoms with van der Waals surface area (Å²) in [6, 6.07) is 19.2. The van der Waals surface area contributed by atoms with E-state index in [1.54, 1.807) is 19.5 Å². The van der Waals surface area contributed by atoms with Crippen LogP contribution in [0, 0.1) is 6.92 Å². The van der Waals surface area contributed by atoms with Gasteiger partial charge in [-0.15, -0.1) is 0 Å². The third-order valence-corrected chi connectivity index (χ3v) is 4.78. The molecular weight excluding hydrogens is 362 g/mol. The van der Waals surface area contributed by atoms with Gasteiger partial charge in [-0.1, -0.05) is 23.8 Å². The molecule has 29 heavy (non-hydrogen) atoms. The number of nitrogens with zero attached hydrogens (tertiary/aromatic N) is 2. The van der Waals surface area contributed by atoms with Gasteiger partial charge in [0, 0.05) is 29.9 Å². The fourth-order valence-electron chi connectivity index (χ4n) is 3.21. The number of amides is 1. The molecule has 0 atom stereocenters. The number of carbonyl (C=O) groups is 1. The van der Waals surface area contributed by atoms with Crippen LogP contribution in [0.4, 0.5) is 0 Å². The molecule has 0 bridgehead atoms. The van der Waals surface area contributed by atoms with Crippen LogP contribution in [0.1, 0.15) is 21.5 Å². The standard InChI is InChI=1S/C24H21N3O2/c1-16-5-10-22-20(12-16)21(13-23(27-22)18-4-3-11-25-15-18)24(28)26-14-17-6-8-19(29-2)9-7-17/h3-13,15H,14H2,1-2H3,(H,26,28). The number of aromatic nitrogens is 2. The van der Waals surface area contributed by atoms with Gasteiger partial charge in [0.15, 0.2) is 0 Å². The molecule has 4 aromatic rings. The molecule has 2 heterocycles. The number of pyridine rings is 2.